The molecule has 8 nitrogen and oxygen atoms in total. The van der Waals surface area contributed by atoms with E-state index < -0.39 is 11.0 Å². The molecule has 0 saturated heterocycles. The van der Waals surface area contributed by atoms with Crippen LogP contribution in [-0.4, -0.2) is 29.2 Å². The van der Waals surface area contributed by atoms with Gasteiger partial charge in [0.2, 0.25) is 0 Å². The summed E-state index contributed by atoms with van der Waals surface area (Å²) in [5.74, 6) is 0.216. The van der Waals surface area contributed by atoms with Gasteiger partial charge in [0, 0.05) is 24.1 Å². The van der Waals surface area contributed by atoms with Crippen molar-refractivity contribution in [3.05, 3.63) is 93.7 Å². The Morgan fingerprint density at radius 2 is 1.81 bits per heavy atom. The Labute approximate surface area is 184 Å². The molecule has 2 aromatic carbocycles. The molecule has 1 aliphatic rings. The van der Waals surface area contributed by atoms with Crippen LogP contribution in [0.5, 0.6) is 0 Å². The van der Waals surface area contributed by atoms with E-state index in [1.54, 1.807) is 12.2 Å². The fourth-order valence-electron chi connectivity index (χ4n) is 3.83. The van der Waals surface area contributed by atoms with Crippen molar-refractivity contribution < 1.29 is 14.5 Å². The van der Waals surface area contributed by atoms with Gasteiger partial charge in [-0.2, -0.15) is 0 Å². The molecule has 3 aromatic rings. The fourth-order valence-corrected chi connectivity index (χ4v) is 3.83. The van der Waals surface area contributed by atoms with Crippen LogP contribution in [0.15, 0.2) is 66.9 Å². The van der Waals surface area contributed by atoms with Crippen molar-refractivity contribution in [3.8, 4) is 11.1 Å². The first-order valence-corrected chi connectivity index (χ1v) is 10.2. The van der Waals surface area contributed by atoms with Crippen molar-refractivity contribution in [2.75, 3.05) is 18.9 Å². The first kappa shape index (κ1) is 21.0. The summed E-state index contributed by atoms with van der Waals surface area (Å²) in [7, 11) is 0. The van der Waals surface area contributed by atoms with Crippen LogP contribution in [0.3, 0.4) is 0 Å². The Bertz CT molecular complexity index is 1150. The number of nitrogens with one attached hydrogen (secondary N) is 1. The summed E-state index contributed by atoms with van der Waals surface area (Å²) in [6, 6.07) is 17.7. The number of hydrogen-bond acceptors (Lipinski definition) is 6. The third-order valence-corrected chi connectivity index (χ3v) is 5.37. The van der Waals surface area contributed by atoms with Gasteiger partial charge in [-0.15, -0.1) is 0 Å². The number of pyridine rings is 1. The molecule has 0 aliphatic heterocycles. The largest absolute Gasteiger partial charge is 0.449 e. The smallest absolute Gasteiger partial charge is 0.407 e. The van der Waals surface area contributed by atoms with E-state index in [4.69, 9.17) is 10.5 Å². The van der Waals surface area contributed by atoms with Crippen LogP contribution in [0.4, 0.5) is 16.3 Å². The number of rotatable bonds is 7. The first-order valence-electron chi connectivity index (χ1n) is 10.2. The number of nitrogen functional groups attached to an aromatic ring is 1. The minimum atomic E-state index is -0.525. The van der Waals surface area contributed by atoms with Gasteiger partial charge >= 0.3 is 6.09 Å². The molecular formula is C24H22N4O4. The minimum Gasteiger partial charge on any atom is -0.449 e. The van der Waals surface area contributed by atoms with Crippen molar-refractivity contribution in [3.63, 3.8) is 0 Å². The zero-order valence-corrected chi connectivity index (χ0v) is 17.2. The van der Waals surface area contributed by atoms with Crippen molar-refractivity contribution in [2.45, 2.75) is 12.3 Å². The first-order chi connectivity index (χ1) is 15.5. The summed E-state index contributed by atoms with van der Waals surface area (Å²) in [4.78, 5) is 26.3. The molecule has 0 fully saturated rings. The number of carbonyl (C=O) groups is 1. The molecule has 0 saturated carbocycles. The molecule has 4 rings (SSSR count). The molecule has 1 aromatic heterocycles. The number of nitrogens with zero attached hydrogens (tertiary/aromatic N) is 2. The van der Waals surface area contributed by atoms with Gasteiger partial charge in [-0.25, -0.2) is 9.78 Å². The van der Waals surface area contributed by atoms with Crippen LogP contribution in [0.2, 0.25) is 0 Å². The number of alkyl carbamates (subject to hydrolysis) is 1. The summed E-state index contributed by atoms with van der Waals surface area (Å²) in [5, 5.41) is 13.6. The molecule has 32 heavy (non-hydrogen) atoms. The summed E-state index contributed by atoms with van der Waals surface area (Å²) in [6.45, 7) is 0.612. The Morgan fingerprint density at radius 3 is 2.47 bits per heavy atom. The monoisotopic (exact) mass is 430 g/mol. The number of carbonyl (C=O) groups excluding carboxylic acids is 1. The molecule has 0 bridgehead atoms. The van der Waals surface area contributed by atoms with E-state index in [9.17, 15) is 14.9 Å². The number of ether oxygens (including phenoxy) is 1. The van der Waals surface area contributed by atoms with Gasteiger partial charge in [0.1, 0.15) is 18.6 Å². The molecule has 0 radical (unpaired) electrons. The van der Waals surface area contributed by atoms with E-state index in [1.165, 1.54) is 17.2 Å². The average Bonchev–Trinajstić information content (AvgIpc) is 3.12. The predicted octanol–water partition coefficient (Wildman–Crippen LogP) is 4.51. The number of aromatic nitrogens is 1. The van der Waals surface area contributed by atoms with E-state index in [0.29, 0.717) is 18.5 Å². The highest BCUT2D eigenvalue weighted by atomic mass is 16.6. The van der Waals surface area contributed by atoms with Gasteiger partial charge in [-0.3, -0.25) is 10.1 Å². The second-order valence-corrected chi connectivity index (χ2v) is 7.37. The van der Waals surface area contributed by atoms with E-state index >= 15 is 0 Å². The minimum absolute atomic E-state index is 0.0115. The summed E-state index contributed by atoms with van der Waals surface area (Å²) >= 11 is 0. The van der Waals surface area contributed by atoms with Crippen molar-refractivity contribution in [1.29, 1.82) is 0 Å². The second-order valence-electron chi connectivity index (χ2n) is 7.37. The lowest BCUT2D eigenvalue weighted by Crippen LogP contribution is -2.26. The number of amides is 1. The van der Waals surface area contributed by atoms with Crippen LogP contribution < -0.4 is 11.1 Å². The Kier molecular flexibility index (Phi) is 6.12. The molecule has 0 unspecified atom stereocenters. The van der Waals surface area contributed by atoms with Crippen LogP contribution in [-0.2, 0) is 4.74 Å². The van der Waals surface area contributed by atoms with Gasteiger partial charge < -0.3 is 15.8 Å². The van der Waals surface area contributed by atoms with Crippen LogP contribution in [0.25, 0.3) is 17.2 Å². The van der Waals surface area contributed by atoms with Gasteiger partial charge in [0.25, 0.3) is 5.69 Å². The lowest BCUT2D eigenvalue weighted by Gasteiger charge is -2.14. The number of anilines is 1. The van der Waals surface area contributed by atoms with Crippen LogP contribution >= 0.6 is 0 Å². The zero-order chi connectivity index (χ0) is 22.5. The fraction of sp³-hybridized carbons (Fsp3) is 0.167. The molecule has 3 N–H and O–H groups in total. The Hall–Kier alpha value is -4.20. The molecule has 1 amide bonds. The number of nitrogens with two attached hydrogens (primary N) is 1. The van der Waals surface area contributed by atoms with Crippen molar-refractivity contribution in [1.82, 2.24) is 10.3 Å². The van der Waals surface area contributed by atoms with Crippen LogP contribution in [0.1, 0.15) is 29.0 Å². The maximum atomic E-state index is 12.2. The third kappa shape index (κ3) is 4.44. The lowest BCUT2D eigenvalue weighted by molar-refractivity contribution is -0.385. The summed E-state index contributed by atoms with van der Waals surface area (Å²) < 4.78 is 5.49. The molecule has 0 atom stereocenters. The Morgan fingerprint density at radius 1 is 1.16 bits per heavy atom. The van der Waals surface area contributed by atoms with Gasteiger partial charge in [-0.05, 0) is 28.7 Å². The van der Waals surface area contributed by atoms with E-state index in [-0.39, 0.29) is 24.0 Å². The van der Waals surface area contributed by atoms with Gasteiger partial charge in [0.05, 0.1) is 4.92 Å². The number of fused-ring (bicyclic) bond motifs is 3. The topological polar surface area (TPSA) is 120 Å². The zero-order valence-electron chi connectivity index (χ0n) is 17.2. The maximum Gasteiger partial charge on any atom is 0.407 e. The predicted molar refractivity (Wildman–Crippen MR) is 122 cm³/mol. The standard InChI is InChI=1S/C24H22N4O4/c25-23-16(13-17(14-27-23)28(30)31)7-5-6-12-26-24(29)32-15-22-20-10-3-1-8-18(20)19-9-2-4-11-21(19)22/h1-5,7-11,13-14,22H,6,12,15H2,(H2,25,27)(H,26,29). The molecule has 1 aliphatic carbocycles. The number of benzene rings is 2. The lowest BCUT2D eigenvalue weighted by atomic mass is 9.98. The summed E-state index contributed by atoms with van der Waals surface area (Å²) in [5.41, 5.74) is 10.8. The highest BCUT2D eigenvalue weighted by molar-refractivity contribution is 5.79. The van der Waals surface area contributed by atoms with Gasteiger partial charge in [0.15, 0.2) is 0 Å². The molecule has 0 spiro atoms. The number of nitro groups is 1. The molecule has 162 valence electrons. The van der Waals surface area contributed by atoms with Crippen molar-refractivity contribution in [2.24, 2.45) is 0 Å². The molecule has 8 heteroatoms. The number of hydrogen-bond donors (Lipinski definition) is 2. The SMILES string of the molecule is Nc1ncc([N+](=O)[O-])cc1C=CCCNC(=O)OCC1c2ccccc2-c2ccccc21. The highest BCUT2D eigenvalue weighted by Gasteiger charge is 2.28. The Balaban J connectivity index is 1.28. The maximum absolute atomic E-state index is 12.2. The van der Waals surface area contributed by atoms with E-state index in [2.05, 4.69) is 34.6 Å². The summed E-state index contributed by atoms with van der Waals surface area (Å²) in [6.07, 6.45) is 4.55. The normalized spacial score (nSPS) is 12.4. The molecule has 1 heterocycles. The van der Waals surface area contributed by atoms with Crippen LogP contribution in [0, 0.1) is 10.1 Å². The second kappa shape index (κ2) is 9.30. The molecular weight excluding hydrogens is 408 g/mol. The van der Waals surface area contributed by atoms with E-state index in [0.717, 1.165) is 17.3 Å². The van der Waals surface area contributed by atoms with E-state index in [1.807, 2.05) is 24.3 Å². The van der Waals surface area contributed by atoms with Crippen molar-refractivity contribution >= 4 is 23.7 Å². The highest BCUT2D eigenvalue weighted by Crippen LogP contribution is 2.44. The quantitative estimate of drug-likeness (QED) is 0.323. The third-order valence-electron chi connectivity index (χ3n) is 5.37. The average molecular weight is 430 g/mol. The van der Waals surface area contributed by atoms with Gasteiger partial charge in [-0.1, -0.05) is 60.7 Å².